The number of anilines is 1. The molecule has 6 heteroatoms. The third kappa shape index (κ3) is 4.37. The van der Waals surface area contributed by atoms with Crippen molar-refractivity contribution >= 4 is 23.4 Å². The fourth-order valence-corrected chi connectivity index (χ4v) is 2.56. The molecule has 0 aliphatic heterocycles. The second-order valence-corrected chi connectivity index (χ2v) is 5.61. The van der Waals surface area contributed by atoms with Crippen LogP contribution in [0.2, 0.25) is 0 Å². The predicted octanol–water partition coefficient (Wildman–Crippen LogP) is 3.27. The van der Waals surface area contributed by atoms with E-state index in [2.05, 4.69) is 20.3 Å². The van der Waals surface area contributed by atoms with Crippen molar-refractivity contribution in [2.24, 2.45) is 0 Å². The Morgan fingerprint density at radius 1 is 1.04 bits per heavy atom. The number of benzene rings is 1. The minimum absolute atomic E-state index is 0.0865. The van der Waals surface area contributed by atoms with Gasteiger partial charge in [0.25, 0.3) is 0 Å². The molecular formula is C17H14N4OS. The number of hydrogen-bond donors (Lipinski definition) is 1. The van der Waals surface area contributed by atoms with Gasteiger partial charge in [-0.05, 0) is 30.3 Å². The topological polar surface area (TPSA) is 67.8 Å². The van der Waals surface area contributed by atoms with Crippen LogP contribution in [0.25, 0.3) is 11.3 Å². The van der Waals surface area contributed by atoms with Crippen molar-refractivity contribution in [3.05, 3.63) is 67.1 Å². The number of para-hydroxylation sites is 1. The number of thioether (sulfide) groups is 1. The second kappa shape index (κ2) is 7.51. The molecule has 2 aromatic heterocycles. The van der Waals surface area contributed by atoms with Crippen LogP contribution in [-0.4, -0.2) is 26.6 Å². The van der Waals surface area contributed by atoms with E-state index >= 15 is 0 Å². The minimum Gasteiger partial charge on any atom is -0.325 e. The lowest BCUT2D eigenvalue weighted by Crippen LogP contribution is -2.14. The Labute approximate surface area is 138 Å². The van der Waals surface area contributed by atoms with Gasteiger partial charge in [-0.25, -0.2) is 9.97 Å². The van der Waals surface area contributed by atoms with Crippen molar-refractivity contribution < 1.29 is 4.79 Å². The van der Waals surface area contributed by atoms with Gasteiger partial charge < -0.3 is 5.32 Å². The molecule has 0 spiro atoms. The normalized spacial score (nSPS) is 10.3. The highest BCUT2D eigenvalue weighted by Crippen LogP contribution is 2.19. The monoisotopic (exact) mass is 322 g/mol. The van der Waals surface area contributed by atoms with Crippen LogP contribution >= 0.6 is 11.8 Å². The molecule has 0 atom stereocenters. The van der Waals surface area contributed by atoms with Crippen LogP contribution in [-0.2, 0) is 4.79 Å². The molecular weight excluding hydrogens is 308 g/mol. The molecule has 0 bridgehead atoms. The lowest BCUT2D eigenvalue weighted by molar-refractivity contribution is -0.113. The third-order valence-corrected chi connectivity index (χ3v) is 3.84. The molecule has 0 saturated carbocycles. The predicted molar refractivity (Wildman–Crippen MR) is 91.1 cm³/mol. The molecule has 3 rings (SSSR count). The Morgan fingerprint density at radius 3 is 2.70 bits per heavy atom. The second-order valence-electron chi connectivity index (χ2n) is 4.67. The Kier molecular flexibility index (Phi) is 4.95. The highest BCUT2D eigenvalue weighted by molar-refractivity contribution is 7.99. The van der Waals surface area contributed by atoms with Crippen molar-refractivity contribution in [2.45, 2.75) is 5.16 Å². The standard InChI is InChI=1S/C17H14N4OS/c22-16(20-14-6-2-1-3-7-14)12-23-17-19-10-8-15(21-17)13-5-4-9-18-11-13/h1-11H,12H2,(H,20,22). The van der Waals surface area contributed by atoms with Gasteiger partial charge in [0, 0.05) is 29.8 Å². The summed E-state index contributed by atoms with van der Waals surface area (Å²) in [6, 6.07) is 15.0. The molecule has 0 aliphatic rings. The van der Waals surface area contributed by atoms with Crippen LogP contribution in [0.1, 0.15) is 0 Å². The fourth-order valence-electron chi connectivity index (χ4n) is 1.93. The van der Waals surface area contributed by atoms with E-state index < -0.39 is 0 Å². The molecule has 23 heavy (non-hydrogen) atoms. The molecule has 0 unspecified atom stereocenters. The van der Waals surface area contributed by atoms with Crippen LogP contribution in [0.15, 0.2) is 72.3 Å². The van der Waals surface area contributed by atoms with Gasteiger partial charge in [0.15, 0.2) is 5.16 Å². The van der Waals surface area contributed by atoms with Gasteiger partial charge in [0.05, 0.1) is 11.4 Å². The van der Waals surface area contributed by atoms with E-state index in [1.165, 1.54) is 11.8 Å². The molecule has 1 N–H and O–H groups in total. The smallest absolute Gasteiger partial charge is 0.234 e. The van der Waals surface area contributed by atoms with Crippen LogP contribution in [0.3, 0.4) is 0 Å². The summed E-state index contributed by atoms with van der Waals surface area (Å²) < 4.78 is 0. The molecule has 114 valence electrons. The quantitative estimate of drug-likeness (QED) is 0.577. The third-order valence-electron chi connectivity index (χ3n) is 2.98. The van der Waals surface area contributed by atoms with Gasteiger partial charge in [-0.1, -0.05) is 30.0 Å². The lowest BCUT2D eigenvalue weighted by atomic mass is 10.2. The van der Waals surface area contributed by atoms with E-state index in [0.717, 1.165) is 16.9 Å². The molecule has 5 nitrogen and oxygen atoms in total. The number of nitrogens with one attached hydrogen (secondary N) is 1. The van der Waals surface area contributed by atoms with Gasteiger partial charge in [-0.2, -0.15) is 0 Å². The Morgan fingerprint density at radius 2 is 1.91 bits per heavy atom. The fraction of sp³-hybridized carbons (Fsp3) is 0.0588. The maximum Gasteiger partial charge on any atom is 0.234 e. The Balaban J connectivity index is 1.61. The Bertz CT molecular complexity index is 781. The van der Waals surface area contributed by atoms with Gasteiger partial charge in [-0.15, -0.1) is 0 Å². The first-order valence-corrected chi connectivity index (χ1v) is 8.01. The van der Waals surface area contributed by atoms with Crippen molar-refractivity contribution in [1.29, 1.82) is 0 Å². The molecule has 1 amide bonds. The highest BCUT2D eigenvalue weighted by atomic mass is 32.2. The largest absolute Gasteiger partial charge is 0.325 e. The summed E-state index contributed by atoms with van der Waals surface area (Å²) in [5, 5.41) is 3.40. The minimum atomic E-state index is -0.0865. The lowest BCUT2D eigenvalue weighted by Gasteiger charge is -2.05. The average molecular weight is 322 g/mol. The summed E-state index contributed by atoms with van der Waals surface area (Å²) in [7, 11) is 0. The summed E-state index contributed by atoms with van der Waals surface area (Å²) in [5.74, 6) is 0.169. The molecule has 0 saturated heterocycles. The van der Waals surface area contributed by atoms with Crippen molar-refractivity contribution in [1.82, 2.24) is 15.0 Å². The Hall–Kier alpha value is -2.73. The van der Waals surface area contributed by atoms with E-state index in [4.69, 9.17) is 0 Å². The van der Waals surface area contributed by atoms with E-state index in [9.17, 15) is 4.79 Å². The number of pyridine rings is 1. The molecule has 2 heterocycles. The highest BCUT2D eigenvalue weighted by Gasteiger charge is 2.07. The maximum atomic E-state index is 11.9. The van der Waals surface area contributed by atoms with Crippen molar-refractivity contribution in [3.8, 4) is 11.3 Å². The summed E-state index contributed by atoms with van der Waals surface area (Å²) in [6.45, 7) is 0. The van der Waals surface area contributed by atoms with Gasteiger partial charge in [-0.3, -0.25) is 9.78 Å². The zero-order chi connectivity index (χ0) is 15.9. The van der Waals surface area contributed by atoms with E-state index in [1.807, 2.05) is 48.5 Å². The molecule has 0 aliphatic carbocycles. The number of carbonyl (C=O) groups excluding carboxylic acids is 1. The van der Waals surface area contributed by atoms with Gasteiger partial charge in [0.2, 0.25) is 5.91 Å². The average Bonchev–Trinajstić information content (AvgIpc) is 2.62. The number of rotatable bonds is 5. The number of amides is 1. The van der Waals surface area contributed by atoms with Crippen molar-refractivity contribution in [2.75, 3.05) is 11.1 Å². The van der Waals surface area contributed by atoms with E-state index in [-0.39, 0.29) is 11.7 Å². The zero-order valence-corrected chi connectivity index (χ0v) is 13.0. The summed E-state index contributed by atoms with van der Waals surface area (Å²) >= 11 is 1.30. The SMILES string of the molecule is O=C(CSc1nccc(-c2cccnc2)n1)Nc1ccccc1. The van der Waals surface area contributed by atoms with Crippen molar-refractivity contribution in [3.63, 3.8) is 0 Å². The first kappa shape index (κ1) is 15.2. The van der Waals surface area contributed by atoms with Gasteiger partial charge in [0.1, 0.15) is 0 Å². The van der Waals surface area contributed by atoms with Crippen LogP contribution in [0.4, 0.5) is 5.69 Å². The molecule has 1 aromatic carbocycles. The summed E-state index contributed by atoms with van der Waals surface area (Å²) in [6.07, 6.45) is 5.15. The maximum absolute atomic E-state index is 11.9. The summed E-state index contributed by atoms with van der Waals surface area (Å²) in [5.41, 5.74) is 2.49. The zero-order valence-electron chi connectivity index (χ0n) is 12.2. The molecule has 3 aromatic rings. The van der Waals surface area contributed by atoms with Crippen LogP contribution < -0.4 is 5.32 Å². The molecule has 0 fully saturated rings. The number of hydrogen-bond acceptors (Lipinski definition) is 5. The first-order valence-electron chi connectivity index (χ1n) is 7.02. The van der Waals surface area contributed by atoms with Gasteiger partial charge >= 0.3 is 0 Å². The van der Waals surface area contributed by atoms with Crippen LogP contribution in [0.5, 0.6) is 0 Å². The molecule has 0 radical (unpaired) electrons. The summed E-state index contributed by atoms with van der Waals surface area (Å²) in [4.78, 5) is 24.7. The van der Waals surface area contributed by atoms with E-state index in [1.54, 1.807) is 18.6 Å². The van der Waals surface area contributed by atoms with Crippen LogP contribution in [0, 0.1) is 0 Å². The number of aromatic nitrogens is 3. The number of carbonyl (C=O) groups is 1. The first-order chi connectivity index (χ1) is 11.3. The van der Waals surface area contributed by atoms with E-state index in [0.29, 0.717) is 5.16 Å². The number of nitrogens with zero attached hydrogens (tertiary/aromatic N) is 3.